The van der Waals surface area contributed by atoms with Crippen molar-refractivity contribution in [1.29, 1.82) is 0 Å². The standard InChI is InChI=1S/C10H21N.C7H14FNO.2C2H6.2H2/c1-4-10(9(2)3)5-7-11-8-6-10;1-10-6-7(8)2-4-9-5-3-7;2*1-2;;/h9,11H,4-8H2,1-3H3;9H,2-6H2,1H3;2*1-2H3;2*1H. The number of hydrogen-bond acceptors (Lipinski definition) is 3. The first kappa shape index (κ1) is 27.0. The lowest BCUT2D eigenvalue weighted by Gasteiger charge is -2.40. The Balaban J connectivity index is -0.000000156. The molecule has 2 saturated heterocycles. The lowest BCUT2D eigenvalue weighted by atomic mass is 9.69. The zero-order valence-electron chi connectivity index (χ0n) is 18.4. The van der Waals surface area contributed by atoms with Gasteiger partial charge in [0, 0.05) is 9.96 Å². The Bertz CT molecular complexity index is 278. The summed E-state index contributed by atoms with van der Waals surface area (Å²) in [6, 6.07) is 0. The first-order valence-electron chi connectivity index (χ1n) is 10.6. The molecule has 3 nitrogen and oxygen atoms in total. The van der Waals surface area contributed by atoms with Crippen LogP contribution in [-0.4, -0.2) is 45.6 Å². The summed E-state index contributed by atoms with van der Waals surface area (Å²) in [6.07, 6.45) is 5.27. The average molecular weight is 367 g/mol. The van der Waals surface area contributed by atoms with Crippen LogP contribution in [0.5, 0.6) is 0 Å². The predicted octanol–water partition coefficient (Wildman–Crippen LogP) is 5.69. The van der Waals surface area contributed by atoms with E-state index in [-0.39, 0.29) is 9.46 Å². The number of nitrogens with one attached hydrogen (secondary N) is 2. The zero-order valence-corrected chi connectivity index (χ0v) is 18.4. The third-order valence-corrected chi connectivity index (χ3v) is 5.43. The zero-order chi connectivity index (χ0) is 19.8. The van der Waals surface area contributed by atoms with E-state index in [1.54, 1.807) is 7.11 Å². The fourth-order valence-corrected chi connectivity index (χ4v) is 3.54. The van der Waals surface area contributed by atoms with E-state index < -0.39 is 5.67 Å². The summed E-state index contributed by atoms with van der Waals surface area (Å²) in [5.74, 6) is 0.856. The molecule has 0 aromatic heterocycles. The van der Waals surface area contributed by atoms with E-state index in [9.17, 15) is 4.39 Å². The number of piperidine rings is 2. The normalized spacial score (nSPS) is 20.9. The monoisotopic (exact) mass is 366 g/mol. The first-order valence-corrected chi connectivity index (χ1v) is 10.6. The number of alkyl halides is 1. The van der Waals surface area contributed by atoms with Gasteiger partial charge in [-0.25, -0.2) is 4.39 Å². The van der Waals surface area contributed by atoms with Crippen LogP contribution in [0.15, 0.2) is 0 Å². The van der Waals surface area contributed by atoms with Crippen LogP contribution in [0.1, 0.15) is 83.4 Å². The summed E-state index contributed by atoms with van der Waals surface area (Å²) in [4.78, 5) is 0. The molecule has 0 unspecified atom stereocenters. The van der Waals surface area contributed by atoms with E-state index in [1.165, 1.54) is 32.4 Å². The Hall–Kier alpha value is -0.190. The van der Waals surface area contributed by atoms with Gasteiger partial charge in [-0.3, -0.25) is 0 Å². The summed E-state index contributed by atoms with van der Waals surface area (Å²) in [6.45, 7) is 19.3. The van der Waals surface area contributed by atoms with E-state index in [0.29, 0.717) is 18.3 Å². The minimum Gasteiger partial charge on any atom is -0.381 e. The van der Waals surface area contributed by atoms with E-state index in [1.807, 2.05) is 27.7 Å². The summed E-state index contributed by atoms with van der Waals surface area (Å²) >= 11 is 0. The summed E-state index contributed by atoms with van der Waals surface area (Å²) in [5.41, 5.74) is -0.398. The van der Waals surface area contributed by atoms with Gasteiger partial charge >= 0.3 is 0 Å². The number of rotatable bonds is 4. The summed E-state index contributed by atoms with van der Waals surface area (Å²) in [5, 5.41) is 6.53. The van der Waals surface area contributed by atoms with E-state index in [2.05, 4.69) is 31.4 Å². The topological polar surface area (TPSA) is 33.3 Å². The SMILES string of the molecule is CC.CC.CCC1(C(C)C)CCNCC1.COCC1(F)CCNCC1.[HH].[HH]. The van der Waals surface area contributed by atoms with Gasteiger partial charge < -0.3 is 15.4 Å². The van der Waals surface area contributed by atoms with Gasteiger partial charge in [-0.05, 0) is 63.2 Å². The molecule has 0 amide bonds. The quantitative estimate of drug-likeness (QED) is 0.670. The molecular formula is C21H51FN2O. The van der Waals surface area contributed by atoms with Gasteiger partial charge in [0.15, 0.2) is 0 Å². The van der Waals surface area contributed by atoms with Crippen molar-refractivity contribution in [3.8, 4) is 0 Å². The molecule has 2 aliphatic rings. The molecule has 2 rings (SSSR count). The minimum atomic E-state index is -1.06. The lowest BCUT2D eigenvalue weighted by molar-refractivity contribution is 0.0183. The molecule has 25 heavy (non-hydrogen) atoms. The van der Waals surface area contributed by atoms with Crippen LogP contribution in [-0.2, 0) is 4.74 Å². The van der Waals surface area contributed by atoms with Gasteiger partial charge in [-0.1, -0.05) is 54.9 Å². The Morgan fingerprint density at radius 1 is 0.920 bits per heavy atom. The third-order valence-electron chi connectivity index (χ3n) is 5.43. The second-order valence-corrected chi connectivity index (χ2v) is 6.95. The molecule has 0 atom stereocenters. The van der Waals surface area contributed by atoms with Crippen molar-refractivity contribution in [1.82, 2.24) is 10.6 Å². The molecule has 2 fully saturated rings. The van der Waals surface area contributed by atoms with Crippen molar-refractivity contribution in [2.45, 2.75) is 86.2 Å². The highest BCUT2D eigenvalue weighted by Crippen LogP contribution is 2.39. The molecule has 0 radical (unpaired) electrons. The molecule has 2 aliphatic heterocycles. The molecule has 0 aromatic carbocycles. The predicted molar refractivity (Wildman–Crippen MR) is 114 cm³/mol. The van der Waals surface area contributed by atoms with Crippen molar-refractivity contribution in [3.63, 3.8) is 0 Å². The molecule has 0 spiro atoms. The molecule has 0 saturated carbocycles. The molecule has 0 aliphatic carbocycles. The van der Waals surface area contributed by atoms with Gasteiger partial charge in [-0.15, -0.1) is 0 Å². The molecule has 0 aromatic rings. The maximum atomic E-state index is 13.4. The number of halogens is 1. The Kier molecular flexibility index (Phi) is 17.3. The third kappa shape index (κ3) is 10.5. The van der Waals surface area contributed by atoms with Crippen LogP contribution in [0.3, 0.4) is 0 Å². The van der Waals surface area contributed by atoms with Crippen molar-refractivity contribution in [2.24, 2.45) is 11.3 Å². The molecule has 0 bridgehead atoms. The van der Waals surface area contributed by atoms with Crippen LogP contribution >= 0.6 is 0 Å². The Morgan fingerprint density at radius 2 is 1.32 bits per heavy atom. The molecule has 2 N–H and O–H groups in total. The Morgan fingerprint density at radius 3 is 1.60 bits per heavy atom. The number of methoxy groups -OCH3 is 1. The van der Waals surface area contributed by atoms with Gasteiger partial charge in [0.1, 0.15) is 5.67 Å². The average Bonchev–Trinajstić information content (AvgIpc) is 2.66. The number of ether oxygens (including phenoxy) is 1. The summed E-state index contributed by atoms with van der Waals surface area (Å²) in [7, 11) is 1.55. The van der Waals surface area contributed by atoms with Gasteiger partial charge in [0.05, 0.1) is 6.61 Å². The van der Waals surface area contributed by atoms with Crippen LogP contribution in [0.4, 0.5) is 4.39 Å². The maximum absolute atomic E-state index is 13.4. The Labute approximate surface area is 160 Å². The maximum Gasteiger partial charge on any atom is 0.136 e. The van der Waals surface area contributed by atoms with E-state index in [4.69, 9.17) is 4.74 Å². The van der Waals surface area contributed by atoms with Crippen LogP contribution < -0.4 is 10.6 Å². The van der Waals surface area contributed by atoms with E-state index in [0.717, 1.165) is 19.0 Å². The van der Waals surface area contributed by atoms with E-state index >= 15 is 0 Å². The van der Waals surface area contributed by atoms with Gasteiger partial charge in [0.25, 0.3) is 0 Å². The highest BCUT2D eigenvalue weighted by atomic mass is 19.1. The van der Waals surface area contributed by atoms with Crippen molar-refractivity contribution in [2.75, 3.05) is 39.9 Å². The van der Waals surface area contributed by atoms with Gasteiger partial charge in [-0.2, -0.15) is 0 Å². The number of hydrogen-bond donors (Lipinski definition) is 2. The highest BCUT2D eigenvalue weighted by molar-refractivity contribution is 4.86. The van der Waals surface area contributed by atoms with Crippen LogP contribution in [0, 0.1) is 11.3 Å². The minimum absolute atomic E-state index is 0. The van der Waals surface area contributed by atoms with Crippen molar-refractivity contribution < 1.29 is 12.0 Å². The molecule has 2 heterocycles. The van der Waals surface area contributed by atoms with Crippen LogP contribution in [0.2, 0.25) is 0 Å². The second-order valence-electron chi connectivity index (χ2n) is 6.95. The smallest absolute Gasteiger partial charge is 0.136 e. The van der Waals surface area contributed by atoms with Crippen molar-refractivity contribution >= 4 is 0 Å². The summed E-state index contributed by atoms with van der Waals surface area (Å²) < 4.78 is 18.2. The first-order chi connectivity index (χ1) is 12.0. The molecule has 4 heteroatoms. The fourth-order valence-electron chi connectivity index (χ4n) is 3.54. The fraction of sp³-hybridized carbons (Fsp3) is 1.00. The van der Waals surface area contributed by atoms with Crippen LogP contribution in [0.25, 0.3) is 0 Å². The van der Waals surface area contributed by atoms with Crippen molar-refractivity contribution in [3.05, 3.63) is 0 Å². The molecular weight excluding hydrogens is 315 g/mol. The lowest BCUT2D eigenvalue weighted by Crippen LogP contribution is -2.41. The molecule has 158 valence electrons. The largest absolute Gasteiger partial charge is 0.381 e. The highest BCUT2D eigenvalue weighted by Gasteiger charge is 2.33. The van der Waals surface area contributed by atoms with Gasteiger partial charge in [0.2, 0.25) is 0 Å². The second kappa shape index (κ2) is 16.0.